The first-order valence-electron chi connectivity index (χ1n) is 44.9. The van der Waals surface area contributed by atoms with Gasteiger partial charge in [-0.15, -0.1) is 0 Å². The maximum absolute atomic E-state index is 2.70. The number of hydrogen-bond acceptors (Lipinski definition) is 3. The minimum atomic E-state index is -0.358. The fraction of sp³-hybridized carbons (Fsp3) is 0. The third-order valence-electron chi connectivity index (χ3n) is 26.0. The summed E-state index contributed by atoms with van der Waals surface area (Å²) in [5.74, 6) is 0. The van der Waals surface area contributed by atoms with Crippen LogP contribution in [0.4, 0.5) is 51.2 Å². The van der Waals surface area contributed by atoms with Crippen molar-refractivity contribution < 1.29 is 0 Å². The molecular weight excluding hydrogens is 1570 g/mol. The molecule has 21 aromatic carbocycles. The highest BCUT2D eigenvalue weighted by molar-refractivity contribution is 7.00. The van der Waals surface area contributed by atoms with Gasteiger partial charge in [0.05, 0.1) is 11.4 Å². The largest absolute Gasteiger partial charge is 0.311 e. The van der Waals surface area contributed by atoms with E-state index in [1.54, 1.807) is 0 Å². The van der Waals surface area contributed by atoms with Crippen LogP contribution in [-0.2, 0) is 0 Å². The topological polar surface area (TPSA) is 9.72 Å². The lowest BCUT2D eigenvalue weighted by molar-refractivity contribution is 1.23. The third-order valence-corrected chi connectivity index (χ3v) is 26.0. The molecular formula is C126H86BN3. The lowest BCUT2D eigenvalue weighted by Gasteiger charge is -2.46. The van der Waals surface area contributed by atoms with Crippen LogP contribution >= 0.6 is 0 Å². The van der Waals surface area contributed by atoms with Gasteiger partial charge in [0.2, 0.25) is 0 Å². The van der Waals surface area contributed by atoms with Crippen molar-refractivity contribution in [2.75, 3.05) is 14.7 Å². The van der Waals surface area contributed by atoms with Gasteiger partial charge in [-0.05, 0) is 270 Å². The van der Waals surface area contributed by atoms with Crippen molar-refractivity contribution in [2.24, 2.45) is 0 Å². The molecule has 0 saturated heterocycles. The quantitative estimate of drug-likeness (QED) is 0.0747. The lowest BCUT2D eigenvalue weighted by Crippen LogP contribution is -2.61. The molecule has 608 valence electrons. The van der Waals surface area contributed by atoms with Gasteiger partial charge in [0, 0.05) is 50.9 Å². The smallest absolute Gasteiger partial charge is 0.252 e. The van der Waals surface area contributed by atoms with Crippen molar-refractivity contribution in [1.29, 1.82) is 0 Å². The summed E-state index contributed by atoms with van der Waals surface area (Å²) in [6.45, 7) is -0.358. The Labute approximate surface area is 761 Å². The summed E-state index contributed by atoms with van der Waals surface area (Å²) < 4.78 is 0. The molecule has 2 aliphatic heterocycles. The van der Waals surface area contributed by atoms with E-state index < -0.39 is 0 Å². The van der Waals surface area contributed by atoms with E-state index in [-0.39, 0.29) is 6.71 Å². The Kier molecular flexibility index (Phi) is 20.5. The van der Waals surface area contributed by atoms with E-state index in [2.05, 4.69) is 536 Å². The Bertz CT molecular complexity index is 7360. The van der Waals surface area contributed by atoms with Crippen LogP contribution in [-0.4, -0.2) is 6.71 Å². The highest BCUT2D eigenvalue weighted by Gasteiger charge is 2.46. The summed E-state index contributed by atoms with van der Waals surface area (Å²) >= 11 is 0. The van der Waals surface area contributed by atoms with Gasteiger partial charge < -0.3 is 14.7 Å². The second-order valence-corrected chi connectivity index (χ2v) is 33.8. The molecule has 21 aromatic rings. The average molecular weight is 1650 g/mol. The highest BCUT2D eigenvalue weighted by atomic mass is 15.2. The monoisotopic (exact) mass is 1650 g/mol. The van der Waals surface area contributed by atoms with E-state index in [0.717, 1.165) is 212 Å². The first-order valence-corrected chi connectivity index (χ1v) is 44.9. The van der Waals surface area contributed by atoms with Crippen molar-refractivity contribution >= 4 is 74.3 Å². The molecule has 0 amide bonds. The maximum Gasteiger partial charge on any atom is 0.252 e. The molecule has 4 heteroatoms. The maximum atomic E-state index is 2.70. The van der Waals surface area contributed by atoms with Crippen LogP contribution in [0.2, 0.25) is 0 Å². The summed E-state index contributed by atoms with van der Waals surface area (Å²) in [6, 6.07) is 194. The number of rotatable bonds is 19. The van der Waals surface area contributed by atoms with Crippen LogP contribution in [0.15, 0.2) is 522 Å². The zero-order chi connectivity index (χ0) is 86.2. The lowest BCUT2D eigenvalue weighted by atomic mass is 9.33. The minimum absolute atomic E-state index is 0.358. The number of nitrogens with zero attached hydrogens (tertiary/aromatic N) is 3. The SMILES string of the molecule is c1ccc(-c2ccc(N(c3ccc(-c4ccccc4)cc3)c3cc4c5c(c3)N(c3c(-c6ccccc6)cc(-c6cc(-c7ccccc7)cc(-c7ccccc7)c6)cc3-c3ccccc3)c3ccc(-c6ccccc6)cc3B5c3cc(-c5ccccc5)ccc3N4c3cc(-c4ccccc4)c(-c4cc(-c5ccccc5)cc(-c5ccccc5)c4)c(-c4ccccc4)c3)cc2)cc1. The van der Waals surface area contributed by atoms with E-state index in [9.17, 15) is 0 Å². The number of hydrogen-bond donors (Lipinski definition) is 0. The van der Waals surface area contributed by atoms with Gasteiger partial charge in [0.1, 0.15) is 0 Å². The molecule has 0 aromatic heterocycles. The second kappa shape index (κ2) is 34.2. The van der Waals surface area contributed by atoms with E-state index in [4.69, 9.17) is 0 Å². The molecule has 23 rings (SSSR count). The molecule has 3 nitrogen and oxygen atoms in total. The molecule has 2 aliphatic rings. The Morgan fingerprint density at radius 3 is 0.715 bits per heavy atom. The summed E-state index contributed by atoms with van der Waals surface area (Å²) in [7, 11) is 0. The Morgan fingerprint density at radius 1 is 0.154 bits per heavy atom. The van der Waals surface area contributed by atoms with E-state index in [1.807, 2.05) is 0 Å². The van der Waals surface area contributed by atoms with Crippen molar-refractivity contribution in [3.63, 3.8) is 0 Å². The van der Waals surface area contributed by atoms with Gasteiger partial charge in [0.15, 0.2) is 0 Å². The molecule has 0 unspecified atom stereocenters. The van der Waals surface area contributed by atoms with E-state index in [1.165, 1.54) is 10.9 Å². The molecule has 0 fully saturated rings. The van der Waals surface area contributed by atoms with Gasteiger partial charge in [-0.3, -0.25) is 0 Å². The van der Waals surface area contributed by atoms with Crippen LogP contribution in [0, 0.1) is 0 Å². The van der Waals surface area contributed by atoms with Crippen LogP contribution < -0.4 is 31.1 Å². The standard InChI is InChI=1S/C126H86BN3/c1-13-37-87(38-14-1)95-61-67-110(68-62-95)128(111-69-63-96(64-70-111)88-39-15-2-16-40-88)113-85-122-125-123(86-113)130(126-116(99-57-33-11-34-58-99)79-108(80-117(126)100-59-35-12-36-60-100)107-75-103(91-45-21-5-22-46-91)73-104(76-107)92-47-23-6-24-48-92)121-72-66-102(90-43-19-4-20-44-90)82-119(121)127(125)118-81-101(89-41-17-3-18-42-89)65-71-120(118)129(122)112-83-114(97-53-29-9-30-54-97)124(115(84-112)98-55-31-10-32-56-98)109-77-105(93-49-25-7-26-50-93)74-106(78-109)94-51-27-8-28-52-94/h1-86H. The predicted octanol–water partition coefficient (Wildman–Crippen LogP) is 32.6. The number of benzene rings is 21. The molecule has 0 saturated carbocycles. The minimum Gasteiger partial charge on any atom is -0.311 e. The zero-order valence-electron chi connectivity index (χ0n) is 71.6. The van der Waals surface area contributed by atoms with Crippen molar-refractivity contribution in [2.45, 2.75) is 0 Å². The third kappa shape index (κ3) is 14.9. The fourth-order valence-electron chi connectivity index (χ4n) is 19.8. The van der Waals surface area contributed by atoms with Gasteiger partial charge >= 0.3 is 0 Å². The molecule has 0 atom stereocenters. The zero-order valence-corrected chi connectivity index (χ0v) is 71.6. The van der Waals surface area contributed by atoms with Crippen LogP contribution in [0.25, 0.3) is 156 Å². The number of fused-ring (bicyclic) bond motifs is 4. The van der Waals surface area contributed by atoms with Crippen LogP contribution in [0.1, 0.15) is 0 Å². The van der Waals surface area contributed by atoms with Crippen molar-refractivity contribution in [1.82, 2.24) is 0 Å². The van der Waals surface area contributed by atoms with E-state index >= 15 is 0 Å². The molecule has 130 heavy (non-hydrogen) atoms. The van der Waals surface area contributed by atoms with E-state index in [0.29, 0.717) is 0 Å². The van der Waals surface area contributed by atoms with Crippen molar-refractivity contribution in [3.05, 3.63) is 522 Å². The molecule has 0 radical (unpaired) electrons. The Balaban J connectivity index is 0.875. The Morgan fingerprint density at radius 2 is 0.392 bits per heavy atom. The van der Waals surface area contributed by atoms with Gasteiger partial charge in [0.25, 0.3) is 6.71 Å². The molecule has 0 spiro atoms. The summed E-state index contributed by atoms with van der Waals surface area (Å²) in [6.07, 6.45) is 0. The van der Waals surface area contributed by atoms with Crippen molar-refractivity contribution in [3.8, 4) is 156 Å². The highest BCUT2D eigenvalue weighted by Crippen LogP contribution is 2.56. The van der Waals surface area contributed by atoms with Crippen LogP contribution in [0.5, 0.6) is 0 Å². The fourth-order valence-corrected chi connectivity index (χ4v) is 19.8. The molecule has 2 heterocycles. The summed E-state index contributed by atoms with van der Waals surface area (Å²) in [4.78, 5) is 7.86. The first-order chi connectivity index (χ1) is 64.5. The van der Waals surface area contributed by atoms with Gasteiger partial charge in [-0.1, -0.05) is 413 Å². The average Bonchev–Trinajstić information content (AvgIpc) is 0.686. The molecule has 0 aliphatic carbocycles. The van der Waals surface area contributed by atoms with Gasteiger partial charge in [-0.2, -0.15) is 0 Å². The second-order valence-electron chi connectivity index (χ2n) is 33.8. The van der Waals surface area contributed by atoms with Crippen LogP contribution in [0.3, 0.4) is 0 Å². The summed E-state index contributed by atoms with van der Waals surface area (Å²) in [5.41, 5.74) is 44.2. The molecule has 0 bridgehead atoms. The first kappa shape index (κ1) is 77.9. The Hall–Kier alpha value is -16.9. The summed E-state index contributed by atoms with van der Waals surface area (Å²) in [5, 5.41) is 0. The molecule has 0 N–H and O–H groups in total. The number of anilines is 9. The predicted molar refractivity (Wildman–Crippen MR) is 551 cm³/mol. The normalized spacial score (nSPS) is 11.8. The van der Waals surface area contributed by atoms with Gasteiger partial charge in [-0.25, -0.2) is 0 Å².